The first kappa shape index (κ1) is 23.7. The van der Waals surface area contributed by atoms with Crippen LogP contribution < -0.4 is 0 Å². The summed E-state index contributed by atoms with van der Waals surface area (Å²) in [6, 6.07) is 5.39. The van der Waals surface area contributed by atoms with Gasteiger partial charge < -0.3 is 14.6 Å². The summed E-state index contributed by atoms with van der Waals surface area (Å²) in [5.74, 6) is -1.11. The van der Waals surface area contributed by atoms with E-state index in [-0.39, 0.29) is 30.5 Å². The fourth-order valence-electron chi connectivity index (χ4n) is 4.50. The van der Waals surface area contributed by atoms with E-state index in [9.17, 15) is 18.8 Å². The van der Waals surface area contributed by atoms with Crippen molar-refractivity contribution in [2.45, 2.75) is 52.9 Å². The molecule has 1 N–H and O–H groups in total. The number of carbonyl (C=O) groups is 3. The molecule has 7 heteroatoms. The number of halogens is 1. The maximum Gasteiger partial charge on any atom is 0.355 e. The molecule has 0 radical (unpaired) electrons. The van der Waals surface area contributed by atoms with Gasteiger partial charge in [0, 0.05) is 23.4 Å². The monoisotopic (exact) mass is 442 g/mol. The Balaban J connectivity index is 1.85. The molecule has 1 heterocycles. The number of carbonyl (C=O) groups excluding carboxylic acids is 3. The van der Waals surface area contributed by atoms with Crippen molar-refractivity contribution in [2.75, 3.05) is 19.7 Å². The molecule has 1 aliphatic carbocycles. The van der Waals surface area contributed by atoms with Gasteiger partial charge >= 0.3 is 5.97 Å². The zero-order valence-electron chi connectivity index (χ0n) is 19.0. The van der Waals surface area contributed by atoms with Gasteiger partial charge in [-0.2, -0.15) is 0 Å². The molecule has 6 nitrogen and oxygen atoms in total. The highest BCUT2D eigenvalue weighted by atomic mass is 19.1. The van der Waals surface area contributed by atoms with E-state index in [1.54, 1.807) is 25.7 Å². The third-order valence-corrected chi connectivity index (χ3v) is 6.11. The van der Waals surface area contributed by atoms with Crippen molar-refractivity contribution >= 4 is 17.7 Å². The molecular weight excluding hydrogens is 411 g/mol. The number of aromatic amines is 1. The lowest BCUT2D eigenvalue weighted by Gasteiger charge is -2.29. The van der Waals surface area contributed by atoms with Crippen LogP contribution >= 0.6 is 0 Å². The molecular formula is C25H31FN2O4. The topological polar surface area (TPSA) is 79.5 Å². The van der Waals surface area contributed by atoms with Crippen LogP contribution in [0.4, 0.5) is 4.39 Å². The molecule has 1 aliphatic rings. The normalized spacial score (nSPS) is 14.2. The second-order valence-corrected chi connectivity index (χ2v) is 8.47. The Morgan fingerprint density at radius 3 is 2.38 bits per heavy atom. The van der Waals surface area contributed by atoms with Crippen molar-refractivity contribution in [2.24, 2.45) is 5.92 Å². The van der Waals surface area contributed by atoms with Gasteiger partial charge in [0.15, 0.2) is 5.78 Å². The summed E-state index contributed by atoms with van der Waals surface area (Å²) in [5, 5.41) is 0. The van der Waals surface area contributed by atoms with Gasteiger partial charge in [-0.05, 0) is 69.4 Å². The van der Waals surface area contributed by atoms with Gasteiger partial charge in [-0.1, -0.05) is 19.3 Å². The molecule has 0 aliphatic heterocycles. The number of nitrogens with zero attached hydrogens (tertiary/aromatic N) is 1. The van der Waals surface area contributed by atoms with Crippen LogP contribution in [0.3, 0.4) is 0 Å². The van der Waals surface area contributed by atoms with Crippen molar-refractivity contribution in [3.05, 3.63) is 58.2 Å². The number of H-pyrrole nitrogens is 1. The lowest BCUT2D eigenvalue weighted by Crippen LogP contribution is -2.40. The van der Waals surface area contributed by atoms with Crippen LogP contribution in [0.15, 0.2) is 24.3 Å². The number of aromatic nitrogens is 1. The largest absolute Gasteiger partial charge is 0.461 e. The van der Waals surface area contributed by atoms with E-state index in [1.807, 2.05) is 0 Å². The van der Waals surface area contributed by atoms with Gasteiger partial charge in [0.1, 0.15) is 11.5 Å². The van der Waals surface area contributed by atoms with Crippen LogP contribution in [-0.4, -0.2) is 47.2 Å². The fraction of sp³-hybridized carbons (Fsp3) is 0.480. The van der Waals surface area contributed by atoms with Crippen molar-refractivity contribution in [3.63, 3.8) is 0 Å². The molecule has 0 bridgehead atoms. The molecule has 0 unspecified atom stereocenters. The van der Waals surface area contributed by atoms with E-state index < -0.39 is 11.8 Å². The first-order valence-corrected chi connectivity index (χ1v) is 11.3. The van der Waals surface area contributed by atoms with E-state index in [1.165, 1.54) is 30.7 Å². The molecule has 3 rings (SSSR count). The van der Waals surface area contributed by atoms with Gasteiger partial charge in [-0.25, -0.2) is 9.18 Å². The van der Waals surface area contributed by atoms with Crippen molar-refractivity contribution in [1.29, 1.82) is 0 Å². The maximum atomic E-state index is 13.3. The van der Waals surface area contributed by atoms with Crippen LogP contribution in [0.5, 0.6) is 0 Å². The van der Waals surface area contributed by atoms with E-state index in [0.717, 1.165) is 25.7 Å². The molecule has 32 heavy (non-hydrogen) atoms. The minimum Gasteiger partial charge on any atom is -0.461 e. The van der Waals surface area contributed by atoms with Gasteiger partial charge in [0.25, 0.3) is 5.91 Å². The summed E-state index contributed by atoms with van der Waals surface area (Å²) in [5.41, 5.74) is 2.12. The Bertz CT molecular complexity index is 975. The van der Waals surface area contributed by atoms with Crippen LogP contribution in [0, 0.1) is 25.6 Å². The molecule has 0 spiro atoms. The summed E-state index contributed by atoms with van der Waals surface area (Å²) in [4.78, 5) is 43.3. The third kappa shape index (κ3) is 5.44. The number of aryl methyl sites for hydroxylation is 1. The second kappa shape index (κ2) is 10.6. The Kier molecular flexibility index (Phi) is 7.83. The number of amides is 1. The zero-order valence-corrected chi connectivity index (χ0v) is 19.0. The first-order chi connectivity index (χ1) is 15.3. The Morgan fingerprint density at radius 1 is 1.09 bits per heavy atom. The SMILES string of the molecule is CCOC(=O)c1[nH]c(C)c(C(=O)CN(CC2CCCCC2)C(=O)c2ccc(F)cc2)c1C. The molecule has 1 fully saturated rings. The quantitative estimate of drug-likeness (QED) is 0.468. The average Bonchev–Trinajstić information content (AvgIpc) is 3.08. The van der Waals surface area contributed by atoms with Crippen LogP contribution in [-0.2, 0) is 4.74 Å². The molecule has 2 aromatic rings. The summed E-state index contributed by atoms with van der Waals surface area (Å²) in [6.07, 6.45) is 5.49. The van der Waals surface area contributed by atoms with Crippen molar-refractivity contribution in [1.82, 2.24) is 9.88 Å². The highest BCUT2D eigenvalue weighted by Crippen LogP contribution is 2.26. The van der Waals surface area contributed by atoms with E-state index in [2.05, 4.69) is 4.98 Å². The summed E-state index contributed by atoms with van der Waals surface area (Å²) >= 11 is 0. The number of esters is 1. The van der Waals surface area contributed by atoms with Crippen LogP contribution in [0.1, 0.15) is 81.5 Å². The Labute approximate surface area is 188 Å². The molecule has 1 amide bonds. The summed E-state index contributed by atoms with van der Waals surface area (Å²) < 4.78 is 18.4. The van der Waals surface area contributed by atoms with Crippen molar-refractivity contribution < 1.29 is 23.5 Å². The van der Waals surface area contributed by atoms with Crippen molar-refractivity contribution in [3.8, 4) is 0 Å². The Morgan fingerprint density at radius 2 is 1.75 bits per heavy atom. The van der Waals surface area contributed by atoms with E-state index in [4.69, 9.17) is 4.74 Å². The second-order valence-electron chi connectivity index (χ2n) is 8.47. The standard InChI is InChI=1S/C25H31FN2O4/c1-4-32-25(31)23-16(2)22(17(3)27-23)21(29)15-28(14-18-8-6-5-7-9-18)24(30)19-10-12-20(26)13-11-19/h10-13,18,27H,4-9,14-15H2,1-3H3. The number of nitrogens with one attached hydrogen (secondary N) is 1. The number of hydrogen-bond donors (Lipinski definition) is 1. The molecule has 172 valence electrons. The van der Waals surface area contributed by atoms with Crippen LogP contribution in [0.2, 0.25) is 0 Å². The number of ketones is 1. The molecule has 1 aromatic heterocycles. The number of hydrogen-bond acceptors (Lipinski definition) is 4. The number of benzene rings is 1. The summed E-state index contributed by atoms with van der Waals surface area (Å²) in [6.45, 7) is 5.77. The smallest absolute Gasteiger partial charge is 0.355 e. The predicted octanol–water partition coefficient (Wildman–Crippen LogP) is 4.85. The third-order valence-electron chi connectivity index (χ3n) is 6.11. The predicted molar refractivity (Wildman–Crippen MR) is 119 cm³/mol. The lowest BCUT2D eigenvalue weighted by molar-refractivity contribution is 0.0519. The highest BCUT2D eigenvalue weighted by molar-refractivity contribution is 6.05. The van der Waals surface area contributed by atoms with E-state index >= 15 is 0 Å². The number of Topliss-reactive ketones (excluding diaryl/α,β-unsaturated/α-hetero) is 1. The molecule has 1 saturated carbocycles. The van der Waals surface area contributed by atoms with E-state index in [0.29, 0.717) is 34.8 Å². The maximum absolute atomic E-state index is 13.3. The fourth-order valence-corrected chi connectivity index (χ4v) is 4.50. The van der Waals surface area contributed by atoms with Gasteiger partial charge in [0.2, 0.25) is 0 Å². The number of rotatable bonds is 8. The average molecular weight is 443 g/mol. The van der Waals surface area contributed by atoms with Gasteiger partial charge in [-0.3, -0.25) is 9.59 Å². The molecule has 0 saturated heterocycles. The number of ether oxygens (including phenoxy) is 1. The minimum absolute atomic E-state index is 0.103. The molecule has 1 aromatic carbocycles. The minimum atomic E-state index is -0.506. The lowest BCUT2D eigenvalue weighted by atomic mass is 9.88. The van der Waals surface area contributed by atoms with Gasteiger partial charge in [0.05, 0.1) is 13.2 Å². The first-order valence-electron chi connectivity index (χ1n) is 11.3. The van der Waals surface area contributed by atoms with Gasteiger partial charge in [-0.15, -0.1) is 0 Å². The summed E-state index contributed by atoms with van der Waals surface area (Å²) in [7, 11) is 0. The zero-order chi connectivity index (χ0) is 23.3. The van der Waals surface area contributed by atoms with Crippen LogP contribution in [0.25, 0.3) is 0 Å². The molecule has 0 atom stereocenters. The highest BCUT2D eigenvalue weighted by Gasteiger charge is 2.28. The Hall–Kier alpha value is -2.96.